The molecule has 0 radical (unpaired) electrons. The van der Waals surface area contributed by atoms with Crippen LogP contribution in [0.4, 0.5) is 5.69 Å². The van der Waals surface area contributed by atoms with E-state index in [2.05, 4.69) is 15.6 Å². The summed E-state index contributed by atoms with van der Waals surface area (Å²) in [5.41, 5.74) is 1.56. The summed E-state index contributed by atoms with van der Waals surface area (Å²) in [6.07, 6.45) is 0. The summed E-state index contributed by atoms with van der Waals surface area (Å²) in [4.78, 5) is 16.0. The number of nitrogens with one attached hydrogen (secondary N) is 2. The van der Waals surface area contributed by atoms with Gasteiger partial charge in [0, 0.05) is 6.54 Å². The highest BCUT2D eigenvalue weighted by Gasteiger charge is 2.14. The third kappa shape index (κ3) is 4.70. The molecule has 2 aromatic rings. The highest BCUT2D eigenvalue weighted by atomic mass is 35.5. The largest absolute Gasteiger partial charge is 0.322 e. The van der Waals surface area contributed by atoms with Crippen LogP contribution in [-0.2, 0) is 11.3 Å². The first-order valence-electron chi connectivity index (χ1n) is 6.46. The summed E-state index contributed by atoms with van der Waals surface area (Å²) in [7, 11) is 0. The summed E-state index contributed by atoms with van der Waals surface area (Å²) >= 11 is 11.6. The van der Waals surface area contributed by atoms with Crippen LogP contribution in [0.2, 0.25) is 10.3 Å². The van der Waals surface area contributed by atoms with Gasteiger partial charge in [-0.1, -0.05) is 53.5 Å². The van der Waals surface area contributed by atoms with Crippen LogP contribution in [0.3, 0.4) is 0 Å². The molecule has 0 saturated heterocycles. The highest BCUT2D eigenvalue weighted by molar-refractivity contribution is 6.34. The second-order valence-electron chi connectivity index (χ2n) is 4.55. The molecule has 0 unspecified atom stereocenters. The topological polar surface area (TPSA) is 54.0 Å². The van der Waals surface area contributed by atoms with Crippen molar-refractivity contribution in [2.75, 3.05) is 5.32 Å². The zero-order valence-corrected chi connectivity index (χ0v) is 12.9. The molecule has 0 aliphatic rings. The van der Waals surface area contributed by atoms with E-state index in [4.69, 9.17) is 23.2 Å². The Labute approximate surface area is 133 Å². The van der Waals surface area contributed by atoms with E-state index in [9.17, 15) is 4.79 Å². The molecular formula is C15H15Cl2N3O. The normalized spacial score (nSPS) is 12.0. The van der Waals surface area contributed by atoms with Gasteiger partial charge in [0.25, 0.3) is 0 Å². The number of amides is 1. The number of halogens is 2. The number of benzene rings is 1. The van der Waals surface area contributed by atoms with Crippen molar-refractivity contribution in [3.8, 4) is 0 Å². The van der Waals surface area contributed by atoms with E-state index < -0.39 is 0 Å². The monoisotopic (exact) mass is 323 g/mol. The van der Waals surface area contributed by atoms with Crippen LogP contribution >= 0.6 is 23.2 Å². The van der Waals surface area contributed by atoms with E-state index in [1.807, 2.05) is 30.3 Å². The fourth-order valence-corrected chi connectivity index (χ4v) is 2.10. The third-order valence-electron chi connectivity index (χ3n) is 2.92. The molecule has 0 bridgehead atoms. The Bertz CT molecular complexity index is 620. The Balaban J connectivity index is 1.90. The third-order valence-corrected chi connectivity index (χ3v) is 3.42. The lowest BCUT2D eigenvalue weighted by molar-refractivity contribution is -0.117. The zero-order chi connectivity index (χ0) is 15.2. The van der Waals surface area contributed by atoms with Crippen molar-refractivity contribution in [1.82, 2.24) is 10.3 Å². The van der Waals surface area contributed by atoms with Crippen molar-refractivity contribution in [3.05, 3.63) is 58.3 Å². The second-order valence-corrected chi connectivity index (χ2v) is 5.30. The average molecular weight is 324 g/mol. The van der Waals surface area contributed by atoms with E-state index in [0.717, 1.165) is 5.56 Å². The van der Waals surface area contributed by atoms with Crippen LogP contribution in [0.5, 0.6) is 0 Å². The van der Waals surface area contributed by atoms with Gasteiger partial charge in [-0.25, -0.2) is 4.98 Å². The number of nitrogens with zero attached hydrogens (tertiary/aromatic N) is 1. The van der Waals surface area contributed by atoms with Gasteiger partial charge in [-0.2, -0.15) is 0 Å². The molecule has 0 saturated carbocycles. The number of hydrogen-bond donors (Lipinski definition) is 2. The summed E-state index contributed by atoms with van der Waals surface area (Å²) in [6, 6.07) is 12.7. The number of anilines is 1. The fraction of sp³-hybridized carbons (Fsp3) is 0.200. The van der Waals surface area contributed by atoms with Gasteiger partial charge in [-0.05, 0) is 24.6 Å². The number of carbonyl (C=O) groups excluding carboxylic acids is 1. The molecule has 1 heterocycles. The Kier molecular flexibility index (Phi) is 5.56. The minimum atomic E-state index is -0.364. The summed E-state index contributed by atoms with van der Waals surface area (Å²) in [5, 5.41) is 6.32. The Morgan fingerprint density at radius 2 is 1.90 bits per heavy atom. The first kappa shape index (κ1) is 15.8. The Morgan fingerprint density at radius 1 is 1.19 bits per heavy atom. The van der Waals surface area contributed by atoms with Crippen LogP contribution < -0.4 is 10.6 Å². The van der Waals surface area contributed by atoms with E-state index >= 15 is 0 Å². The molecule has 6 heteroatoms. The summed E-state index contributed by atoms with van der Waals surface area (Å²) < 4.78 is 0. The summed E-state index contributed by atoms with van der Waals surface area (Å²) in [5.74, 6) is -0.183. The number of rotatable bonds is 5. The van der Waals surface area contributed by atoms with Gasteiger partial charge in [0.15, 0.2) is 5.15 Å². The van der Waals surface area contributed by atoms with Gasteiger partial charge in [0.1, 0.15) is 5.15 Å². The summed E-state index contributed by atoms with van der Waals surface area (Å²) in [6.45, 7) is 2.40. The van der Waals surface area contributed by atoms with Crippen molar-refractivity contribution in [2.24, 2.45) is 0 Å². The van der Waals surface area contributed by atoms with Gasteiger partial charge >= 0.3 is 0 Å². The standard InChI is InChI=1S/C15H15Cl2N3O/c1-10(18-9-11-5-3-2-4-6-11)15(21)19-12-7-8-13(16)20-14(12)17/h2-8,10,18H,9H2,1H3,(H,19,21)/t10-/m1/s1. The molecule has 2 rings (SSSR count). The number of aromatic nitrogens is 1. The maximum atomic E-state index is 12.1. The van der Waals surface area contributed by atoms with E-state index in [1.165, 1.54) is 0 Å². The van der Waals surface area contributed by atoms with Crippen LogP contribution in [0.15, 0.2) is 42.5 Å². The molecule has 21 heavy (non-hydrogen) atoms. The minimum absolute atomic E-state index is 0.172. The maximum Gasteiger partial charge on any atom is 0.241 e. The molecule has 110 valence electrons. The van der Waals surface area contributed by atoms with Crippen molar-refractivity contribution in [2.45, 2.75) is 19.5 Å². The lowest BCUT2D eigenvalue weighted by Gasteiger charge is -2.14. The molecule has 0 spiro atoms. The van der Waals surface area contributed by atoms with E-state index in [0.29, 0.717) is 12.2 Å². The Morgan fingerprint density at radius 3 is 2.57 bits per heavy atom. The first-order chi connectivity index (χ1) is 10.1. The molecule has 2 N–H and O–H groups in total. The van der Waals surface area contributed by atoms with Gasteiger partial charge < -0.3 is 10.6 Å². The molecule has 1 atom stereocenters. The van der Waals surface area contributed by atoms with Gasteiger partial charge in [-0.3, -0.25) is 4.79 Å². The lowest BCUT2D eigenvalue weighted by Crippen LogP contribution is -2.37. The SMILES string of the molecule is C[C@@H](NCc1ccccc1)C(=O)Nc1ccc(Cl)nc1Cl. The van der Waals surface area contributed by atoms with Crippen molar-refractivity contribution in [1.29, 1.82) is 0 Å². The fourth-order valence-electron chi connectivity index (χ4n) is 1.71. The first-order valence-corrected chi connectivity index (χ1v) is 7.22. The predicted molar refractivity (Wildman–Crippen MR) is 85.6 cm³/mol. The second kappa shape index (κ2) is 7.41. The minimum Gasteiger partial charge on any atom is -0.322 e. The van der Waals surface area contributed by atoms with Crippen LogP contribution in [-0.4, -0.2) is 16.9 Å². The molecule has 0 fully saturated rings. The van der Waals surface area contributed by atoms with Crippen molar-refractivity contribution < 1.29 is 4.79 Å². The average Bonchev–Trinajstić information content (AvgIpc) is 2.48. The molecule has 0 aliphatic carbocycles. The van der Waals surface area contributed by atoms with E-state index in [-0.39, 0.29) is 22.3 Å². The highest BCUT2D eigenvalue weighted by Crippen LogP contribution is 2.21. The molecule has 0 aliphatic heterocycles. The number of hydrogen-bond acceptors (Lipinski definition) is 3. The molecule has 1 amide bonds. The predicted octanol–water partition coefficient (Wildman–Crippen LogP) is 3.51. The number of pyridine rings is 1. The van der Waals surface area contributed by atoms with Crippen LogP contribution in [0.1, 0.15) is 12.5 Å². The maximum absolute atomic E-state index is 12.1. The van der Waals surface area contributed by atoms with Gasteiger partial charge in [0.2, 0.25) is 5.91 Å². The van der Waals surface area contributed by atoms with Crippen LogP contribution in [0, 0.1) is 0 Å². The molecule has 1 aromatic heterocycles. The lowest BCUT2D eigenvalue weighted by atomic mass is 10.2. The molecular weight excluding hydrogens is 309 g/mol. The smallest absolute Gasteiger partial charge is 0.241 e. The van der Waals surface area contributed by atoms with Crippen LogP contribution in [0.25, 0.3) is 0 Å². The van der Waals surface area contributed by atoms with E-state index in [1.54, 1.807) is 19.1 Å². The Hall–Kier alpha value is -1.62. The van der Waals surface area contributed by atoms with Crippen molar-refractivity contribution >= 4 is 34.8 Å². The molecule has 4 nitrogen and oxygen atoms in total. The van der Waals surface area contributed by atoms with Crippen molar-refractivity contribution in [3.63, 3.8) is 0 Å². The molecule has 1 aromatic carbocycles. The van der Waals surface area contributed by atoms with Gasteiger partial charge in [0.05, 0.1) is 11.7 Å². The van der Waals surface area contributed by atoms with Gasteiger partial charge in [-0.15, -0.1) is 0 Å². The number of carbonyl (C=O) groups is 1. The quantitative estimate of drug-likeness (QED) is 0.828. The zero-order valence-electron chi connectivity index (χ0n) is 11.4.